The highest BCUT2D eigenvalue weighted by Crippen LogP contribution is 2.06. The van der Waals surface area contributed by atoms with Gasteiger partial charge in [-0.15, -0.1) is 0 Å². The van der Waals surface area contributed by atoms with Crippen LogP contribution < -0.4 is 39.3 Å². The van der Waals surface area contributed by atoms with Gasteiger partial charge in [-0.1, -0.05) is 13.8 Å². The highest BCUT2D eigenvalue weighted by atomic mass is 16.4. The van der Waals surface area contributed by atoms with Crippen LogP contribution in [0.3, 0.4) is 0 Å². The van der Waals surface area contributed by atoms with E-state index in [0.29, 0.717) is 25.8 Å². The van der Waals surface area contributed by atoms with Crippen molar-refractivity contribution in [3.05, 3.63) is 0 Å². The summed E-state index contributed by atoms with van der Waals surface area (Å²) in [5, 5.41) is 14.3. The number of carbonyl (C=O) groups is 3. The topological polar surface area (TPSA) is 250 Å². The van der Waals surface area contributed by atoms with Crippen molar-refractivity contribution in [3.8, 4) is 0 Å². The minimum Gasteiger partial charge on any atom is -0.480 e. The normalized spacial score (nSPS) is 13.6. The molecule has 0 aliphatic carbocycles. The summed E-state index contributed by atoms with van der Waals surface area (Å²) in [4.78, 5) is 44.0. The van der Waals surface area contributed by atoms with Gasteiger partial charge in [-0.3, -0.25) is 19.6 Å². The van der Waals surface area contributed by atoms with Crippen LogP contribution in [0.15, 0.2) is 9.98 Å². The van der Waals surface area contributed by atoms with Gasteiger partial charge in [0.15, 0.2) is 11.9 Å². The lowest BCUT2D eigenvalue weighted by Gasteiger charge is -2.24. The number of hydrogen-bond acceptors (Lipinski definition) is 6. The zero-order valence-corrected chi connectivity index (χ0v) is 17.5. The molecule has 0 bridgehead atoms. The van der Waals surface area contributed by atoms with Gasteiger partial charge in [-0.05, 0) is 31.6 Å². The van der Waals surface area contributed by atoms with Gasteiger partial charge >= 0.3 is 5.97 Å². The molecule has 13 heteroatoms. The molecule has 30 heavy (non-hydrogen) atoms. The molecule has 0 spiro atoms. The number of guanidine groups is 2. The highest BCUT2D eigenvalue weighted by molar-refractivity contribution is 5.91. The fourth-order valence-electron chi connectivity index (χ4n) is 2.47. The Labute approximate surface area is 175 Å². The molecular formula is C17H35N9O4. The number of carboxylic acid groups (broad SMARTS) is 1. The Morgan fingerprint density at radius 2 is 1.37 bits per heavy atom. The zero-order valence-electron chi connectivity index (χ0n) is 17.5. The summed E-state index contributed by atoms with van der Waals surface area (Å²) in [5.41, 5.74) is 26.9. The first-order valence-corrected chi connectivity index (χ1v) is 9.65. The molecule has 0 rings (SSSR count). The van der Waals surface area contributed by atoms with Crippen molar-refractivity contribution in [3.63, 3.8) is 0 Å². The average Bonchev–Trinajstić information content (AvgIpc) is 2.64. The van der Waals surface area contributed by atoms with E-state index in [0.717, 1.165) is 0 Å². The van der Waals surface area contributed by atoms with Crippen molar-refractivity contribution in [1.29, 1.82) is 0 Å². The number of nitrogens with one attached hydrogen (secondary N) is 2. The van der Waals surface area contributed by atoms with E-state index in [1.807, 2.05) is 0 Å². The summed E-state index contributed by atoms with van der Waals surface area (Å²) in [7, 11) is 0. The summed E-state index contributed by atoms with van der Waals surface area (Å²) in [6, 6.07) is -2.97. The van der Waals surface area contributed by atoms with Crippen LogP contribution in [-0.4, -0.2) is 66.0 Å². The first kappa shape index (κ1) is 26.9. The second-order valence-electron chi connectivity index (χ2n) is 7.13. The number of amides is 2. The Bertz CT molecular complexity index is 629. The summed E-state index contributed by atoms with van der Waals surface area (Å²) in [6.07, 6.45) is 1.35. The molecule has 0 radical (unpaired) electrons. The number of carboxylic acids is 1. The van der Waals surface area contributed by atoms with Gasteiger partial charge in [-0.25, -0.2) is 4.79 Å². The molecule has 3 unspecified atom stereocenters. The minimum absolute atomic E-state index is 0.0522. The smallest absolute Gasteiger partial charge is 0.326 e. The maximum Gasteiger partial charge on any atom is 0.326 e. The van der Waals surface area contributed by atoms with Gasteiger partial charge in [0, 0.05) is 13.1 Å². The van der Waals surface area contributed by atoms with Crippen LogP contribution in [0.5, 0.6) is 0 Å². The van der Waals surface area contributed by atoms with E-state index in [2.05, 4.69) is 20.6 Å². The molecule has 0 aromatic heterocycles. The third-order valence-corrected chi connectivity index (χ3v) is 4.11. The van der Waals surface area contributed by atoms with Gasteiger partial charge in [0.05, 0.1) is 6.04 Å². The predicted molar refractivity (Wildman–Crippen MR) is 114 cm³/mol. The quantitative estimate of drug-likeness (QED) is 0.0801. The molecular weight excluding hydrogens is 394 g/mol. The maximum absolute atomic E-state index is 12.6. The SMILES string of the molecule is CC(C)C(NC(=O)C(CCCN=C(N)N)NC(=O)C(N)CCCN=C(N)N)C(=O)O. The Kier molecular flexibility index (Phi) is 12.5. The van der Waals surface area contributed by atoms with Crippen LogP contribution in [-0.2, 0) is 14.4 Å². The van der Waals surface area contributed by atoms with Gasteiger partial charge in [-0.2, -0.15) is 0 Å². The molecule has 0 saturated heterocycles. The third-order valence-electron chi connectivity index (χ3n) is 4.11. The lowest BCUT2D eigenvalue weighted by Crippen LogP contribution is -2.55. The van der Waals surface area contributed by atoms with E-state index in [-0.39, 0.29) is 30.8 Å². The molecule has 13 nitrogen and oxygen atoms in total. The number of carbonyl (C=O) groups excluding carboxylic acids is 2. The van der Waals surface area contributed by atoms with E-state index >= 15 is 0 Å². The number of aliphatic carboxylic acids is 1. The number of hydrogen-bond donors (Lipinski definition) is 8. The molecule has 13 N–H and O–H groups in total. The predicted octanol–water partition coefficient (Wildman–Crippen LogP) is -2.87. The first-order valence-electron chi connectivity index (χ1n) is 9.65. The lowest BCUT2D eigenvalue weighted by molar-refractivity contribution is -0.143. The van der Waals surface area contributed by atoms with Crippen LogP contribution in [0.2, 0.25) is 0 Å². The average molecular weight is 430 g/mol. The molecule has 0 aromatic carbocycles. The third kappa shape index (κ3) is 11.7. The zero-order chi connectivity index (χ0) is 23.3. The van der Waals surface area contributed by atoms with Crippen LogP contribution in [0.25, 0.3) is 0 Å². The number of aliphatic imine (C=N–C) groups is 2. The van der Waals surface area contributed by atoms with E-state index in [4.69, 9.17) is 28.7 Å². The molecule has 0 aliphatic heterocycles. The molecule has 172 valence electrons. The number of nitrogens with two attached hydrogens (primary N) is 5. The number of nitrogens with zero attached hydrogens (tertiary/aromatic N) is 2. The van der Waals surface area contributed by atoms with Crippen molar-refractivity contribution in [2.75, 3.05) is 13.1 Å². The molecule has 0 heterocycles. The lowest BCUT2D eigenvalue weighted by atomic mass is 10.0. The minimum atomic E-state index is -1.17. The van der Waals surface area contributed by atoms with Gasteiger partial charge in [0.1, 0.15) is 12.1 Å². The first-order chi connectivity index (χ1) is 14.0. The molecule has 3 atom stereocenters. The molecule has 0 aliphatic rings. The Morgan fingerprint density at radius 1 is 0.867 bits per heavy atom. The van der Waals surface area contributed by atoms with E-state index in [1.54, 1.807) is 13.8 Å². The fraction of sp³-hybridized carbons (Fsp3) is 0.706. The second kappa shape index (κ2) is 14.0. The summed E-state index contributed by atoms with van der Waals surface area (Å²) in [5.74, 6) is -2.82. The van der Waals surface area contributed by atoms with Gasteiger partial charge in [0.2, 0.25) is 11.8 Å². The van der Waals surface area contributed by atoms with E-state index < -0.39 is 35.9 Å². The summed E-state index contributed by atoms with van der Waals surface area (Å²) < 4.78 is 0. The molecule has 2 amide bonds. The monoisotopic (exact) mass is 429 g/mol. The van der Waals surface area contributed by atoms with E-state index in [1.165, 1.54) is 0 Å². The van der Waals surface area contributed by atoms with Gasteiger partial charge < -0.3 is 44.4 Å². The maximum atomic E-state index is 12.6. The molecule has 0 saturated carbocycles. The number of rotatable bonds is 14. The standard InChI is InChI=1S/C17H35N9O4/c1-9(2)12(15(29)30)26-14(28)11(6-4-8-24-17(21)22)25-13(27)10(18)5-3-7-23-16(19)20/h9-12H,3-8,18H2,1-2H3,(H,25,27)(H,26,28)(H,29,30)(H4,19,20,23)(H4,21,22,24). The molecule has 0 aromatic rings. The van der Waals surface area contributed by atoms with Crippen LogP contribution in [0.4, 0.5) is 0 Å². The summed E-state index contributed by atoms with van der Waals surface area (Å²) >= 11 is 0. The van der Waals surface area contributed by atoms with Crippen LogP contribution in [0.1, 0.15) is 39.5 Å². The van der Waals surface area contributed by atoms with Crippen molar-refractivity contribution in [2.24, 2.45) is 44.6 Å². The van der Waals surface area contributed by atoms with Crippen molar-refractivity contribution in [1.82, 2.24) is 10.6 Å². The van der Waals surface area contributed by atoms with Crippen molar-refractivity contribution >= 4 is 29.7 Å². The van der Waals surface area contributed by atoms with Gasteiger partial charge in [0.25, 0.3) is 0 Å². The van der Waals surface area contributed by atoms with Crippen LogP contribution in [0, 0.1) is 5.92 Å². The van der Waals surface area contributed by atoms with E-state index in [9.17, 15) is 19.5 Å². The highest BCUT2D eigenvalue weighted by Gasteiger charge is 2.29. The second-order valence-corrected chi connectivity index (χ2v) is 7.13. The van der Waals surface area contributed by atoms with Crippen LogP contribution >= 0.6 is 0 Å². The Hall–Kier alpha value is -3.09. The largest absolute Gasteiger partial charge is 0.480 e. The summed E-state index contributed by atoms with van der Waals surface area (Å²) in [6.45, 7) is 3.90. The molecule has 0 fully saturated rings. The van der Waals surface area contributed by atoms with Crippen molar-refractivity contribution < 1.29 is 19.5 Å². The Balaban J connectivity index is 5.02. The van der Waals surface area contributed by atoms with Crippen molar-refractivity contribution in [2.45, 2.75) is 57.7 Å². The fourth-order valence-corrected chi connectivity index (χ4v) is 2.47. The Morgan fingerprint density at radius 3 is 1.80 bits per heavy atom.